The molecule has 0 bridgehead atoms. The number of aromatic nitrogens is 1. The molecule has 0 aliphatic rings. The third-order valence-electron chi connectivity index (χ3n) is 2.92. The molecule has 1 N–H and O–H groups in total. The Balaban J connectivity index is 2.35. The number of hydrogen-bond acceptors (Lipinski definition) is 5. The number of aryl methyl sites for hydroxylation is 3. The first-order valence-corrected chi connectivity index (χ1v) is 8.25. The van der Waals surface area contributed by atoms with Crippen LogP contribution < -0.4 is 9.46 Å². The number of sulfonamides is 1. The molecule has 0 amide bonds. The van der Waals surface area contributed by atoms with E-state index < -0.39 is 10.0 Å². The fourth-order valence-corrected chi connectivity index (χ4v) is 4.01. The molecular formula is C13H16N2O3S2. The summed E-state index contributed by atoms with van der Waals surface area (Å²) in [4.78, 5) is 5.41. The highest BCUT2D eigenvalue weighted by Gasteiger charge is 2.19. The Labute approximate surface area is 122 Å². The van der Waals surface area contributed by atoms with Gasteiger partial charge in [0.25, 0.3) is 10.0 Å². The van der Waals surface area contributed by atoms with Crippen LogP contribution in [0.5, 0.6) is 5.75 Å². The molecule has 20 heavy (non-hydrogen) atoms. The average molecular weight is 312 g/mol. The van der Waals surface area contributed by atoms with E-state index in [4.69, 9.17) is 4.74 Å². The van der Waals surface area contributed by atoms with Crippen LogP contribution in [-0.2, 0) is 10.0 Å². The Morgan fingerprint density at radius 2 is 1.95 bits per heavy atom. The van der Waals surface area contributed by atoms with Crippen molar-refractivity contribution in [3.8, 4) is 5.75 Å². The molecule has 1 heterocycles. The molecule has 5 nitrogen and oxygen atoms in total. The molecular weight excluding hydrogens is 296 g/mol. The molecule has 0 unspecified atom stereocenters. The largest absolute Gasteiger partial charge is 0.497 e. The van der Waals surface area contributed by atoms with E-state index in [-0.39, 0.29) is 4.90 Å². The molecule has 0 radical (unpaired) electrons. The standard InChI is InChI=1S/C13H16N2O3S2/c1-8-7-11(18-4)5-6-12(8)20(16,17)15-13-14-9(2)10(3)19-13/h5-7H,1-4H3,(H,14,15). The van der Waals surface area contributed by atoms with Crippen LogP contribution in [0.2, 0.25) is 0 Å². The molecule has 1 aromatic heterocycles. The van der Waals surface area contributed by atoms with Crippen molar-refractivity contribution in [2.24, 2.45) is 0 Å². The van der Waals surface area contributed by atoms with Crippen molar-refractivity contribution < 1.29 is 13.2 Å². The van der Waals surface area contributed by atoms with Crippen LogP contribution >= 0.6 is 11.3 Å². The van der Waals surface area contributed by atoms with Gasteiger partial charge < -0.3 is 4.74 Å². The SMILES string of the molecule is COc1ccc(S(=O)(=O)Nc2nc(C)c(C)s2)c(C)c1. The van der Waals surface area contributed by atoms with E-state index in [1.54, 1.807) is 26.2 Å². The molecule has 0 saturated carbocycles. The summed E-state index contributed by atoms with van der Waals surface area (Å²) in [5.74, 6) is 0.627. The molecule has 0 fully saturated rings. The Morgan fingerprint density at radius 1 is 1.25 bits per heavy atom. The minimum Gasteiger partial charge on any atom is -0.497 e. The Bertz CT molecular complexity index is 717. The van der Waals surface area contributed by atoms with Crippen molar-refractivity contribution in [1.29, 1.82) is 0 Å². The molecule has 1 aromatic carbocycles. The van der Waals surface area contributed by atoms with Gasteiger partial charge in [0.1, 0.15) is 5.75 Å². The number of benzene rings is 1. The maximum Gasteiger partial charge on any atom is 0.263 e. The van der Waals surface area contributed by atoms with E-state index in [9.17, 15) is 8.42 Å². The highest BCUT2D eigenvalue weighted by atomic mass is 32.2. The lowest BCUT2D eigenvalue weighted by Gasteiger charge is -2.09. The number of nitrogens with zero attached hydrogens (tertiary/aromatic N) is 1. The quantitative estimate of drug-likeness (QED) is 0.942. The zero-order chi connectivity index (χ0) is 14.9. The minimum atomic E-state index is -3.63. The second kappa shape index (κ2) is 5.41. The summed E-state index contributed by atoms with van der Waals surface area (Å²) in [6, 6.07) is 4.84. The van der Waals surface area contributed by atoms with Crippen molar-refractivity contribution in [3.05, 3.63) is 34.3 Å². The summed E-state index contributed by atoms with van der Waals surface area (Å²) in [6.45, 7) is 5.49. The third kappa shape index (κ3) is 2.94. The molecule has 2 aromatic rings. The number of anilines is 1. The predicted octanol–water partition coefficient (Wildman–Crippen LogP) is 2.88. The van der Waals surface area contributed by atoms with Gasteiger partial charge in [-0.3, -0.25) is 4.72 Å². The van der Waals surface area contributed by atoms with Gasteiger partial charge in [-0.15, -0.1) is 11.3 Å². The van der Waals surface area contributed by atoms with Gasteiger partial charge in [-0.1, -0.05) is 0 Å². The van der Waals surface area contributed by atoms with Gasteiger partial charge in [0.15, 0.2) is 5.13 Å². The normalized spacial score (nSPS) is 11.4. The Hall–Kier alpha value is -1.60. The first-order valence-electron chi connectivity index (χ1n) is 5.95. The molecule has 2 rings (SSSR count). The van der Waals surface area contributed by atoms with E-state index in [0.717, 1.165) is 10.6 Å². The van der Waals surface area contributed by atoms with E-state index in [1.165, 1.54) is 17.4 Å². The lowest BCUT2D eigenvalue weighted by molar-refractivity contribution is 0.414. The van der Waals surface area contributed by atoms with Crippen LogP contribution in [0.4, 0.5) is 5.13 Å². The van der Waals surface area contributed by atoms with Crippen molar-refractivity contribution in [2.45, 2.75) is 25.7 Å². The summed E-state index contributed by atoms with van der Waals surface area (Å²) >= 11 is 1.32. The van der Waals surface area contributed by atoms with Crippen molar-refractivity contribution >= 4 is 26.5 Å². The van der Waals surface area contributed by atoms with Gasteiger partial charge in [-0.2, -0.15) is 0 Å². The number of rotatable bonds is 4. The zero-order valence-corrected chi connectivity index (χ0v) is 13.4. The van der Waals surface area contributed by atoms with Gasteiger partial charge in [0.05, 0.1) is 17.7 Å². The van der Waals surface area contributed by atoms with E-state index >= 15 is 0 Å². The average Bonchev–Trinajstić information content (AvgIpc) is 2.66. The van der Waals surface area contributed by atoms with Gasteiger partial charge in [0, 0.05) is 4.88 Å². The monoisotopic (exact) mass is 312 g/mol. The van der Waals surface area contributed by atoms with Crippen LogP contribution in [0.15, 0.2) is 23.1 Å². The van der Waals surface area contributed by atoms with Crippen LogP contribution in [0.25, 0.3) is 0 Å². The van der Waals surface area contributed by atoms with Gasteiger partial charge in [0.2, 0.25) is 0 Å². The maximum atomic E-state index is 12.4. The topological polar surface area (TPSA) is 68.3 Å². The fraction of sp³-hybridized carbons (Fsp3) is 0.308. The van der Waals surface area contributed by atoms with E-state index in [1.807, 2.05) is 13.8 Å². The lowest BCUT2D eigenvalue weighted by atomic mass is 10.2. The highest BCUT2D eigenvalue weighted by molar-refractivity contribution is 7.93. The zero-order valence-electron chi connectivity index (χ0n) is 11.7. The fourth-order valence-electron chi connectivity index (χ4n) is 1.74. The summed E-state index contributed by atoms with van der Waals surface area (Å²) in [7, 11) is -2.09. The summed E-state index contributed by atoms with van der Waals surface area (Å²) in [6.07, 6.45) is 0. The highest BCUT2D eigenvalue weighted by Crippen LogP contribution is 2.26. The van der Waals surface area contributed by atoms with Crippen molar-refractivity contribution in [1.82, 2.24) is 4.98 Å². The van der Waals surface area contributed by atoms with Crippen LogP contribution in [-0.4, -0.2) is 20.5 Å². The molecule has 0 saturated heterocycles. The molecule has 7 heteroatoms. The van der Waals surface area contributed by atoms with E-state index in [0.29, 0.717) is 16.4 Å². The number of methoxy groups -OCH3 is 1. The van der Waals surface area contributed by atoms with Gasteiger partial charge in [-0.05, 0) is 44.5 Å². The number of thiazole rings is 1. The first kappa shape index (κ1) is 14.8. The van der Waals surface area contributed by atoms with Gasteiger partial charge >= 0.3 is 0 Å². The predicted molar refractivity (Wildman–Crippen MR) is 80.1 cm³/mol. The molecule has 0 aliphatic carbocycles. The second-order valence-electron chi connectivity index (χ2n) is 4.40. The van der Waals surface area contributed by atoms with Crippen molar-refractivity contribution in [2.75, 3.05) is 11.8 Å². The smallest absolute Gasteiger partial charge is 0.263 e. The Kier molecular flexibility index (Phi) is 4.01. The van der Waals surface area contributed by atoms with Crippen LogP contribution in [0.1, 0.15) is 16.1 Å². The number of ether oxygens (including phenoxy) is 1. The summed E-state index contributed by atoms with van der Waals surface area (Å²) in [5.41, 5.74) is 1.46. The van der Waals surface area contributed by atoms with E-state index in [2.05, 4.69) is 9.71 Å². The maximum absolute atomic E-state index is 12.4. The second-order valence-corrected chi connectivity index (χ2v) is 7.25. The first-order chi connectivity index (χ1) is 9.33. The molecule has 0 atom stereocenters. The van der Waals surface area contributed by atoms with Crippen LogP contribution in [0, 0.1) is 20.8 Å². The molecule has 0 aliphatic heterocycles. The molecule has 0 spiro atoms. The van der Waals surface area contributed by atoms with Crippen LogP contribution in [0.3, 0.4) is 0 Å². The Morgan fingerprint density at radius 3 is 2.45 bits per heavy atom. The lowest BCUT2D eigenvalue weighted by Crippen LogP contribution is -2.14. The summed E-state index contributed by atoms with van der Waals surface area (Å²) in [5, 5.41) is 0.384. The van der Waals surface area contributed by atoms with Gasteiger partial charge in [-0.25, -0.2) is 13.4 Å². The summed E-state index contributed by atoms with van der Waals surface area (Å²) < 4.78 is 32.3. The van der Waals surface area contributed by atoms with Crippen molar-refractivity contribution in [3.63, 3.8) is 0 Å². The minimum absolute atomic E-state index is 0.226. The third-order valence-corrected chi connectivity index (χ3v) is 5.54. The number of hydrogen-bond donors (Lipinski definition) is 1. The number of nitrogens with one attached hydrogen (secondary N) is 1. The molecule has 108 valence electrons.